The quantitative estimate of drug-likeness (QED) is 0.512. The smallest absolute Gasteiger partial charge is 0.277 e. The summed E-state index contributed by atoms with van der Waals surface area (Å²) in [6.07, 6.45) is 2.51. The number of anilines is 1. The van der Waals surface area contributed by atoms with Crippen molar-refractivity contribution in [3.8, 4) is 27.8 Å². The molecule has 1 amide bonds. The zero-order valence-electron chi connectivity index (χ0n) is 14.9. The number of benzene rings is 1. The summed E-state index contributed by atoms with van der Waals surface area (Å²) in [7, 11) is 0. The summed E-state index contributed by atoms with van der Waals surface area (Å²) in [5, 5.41) is 6.03. The fourth-order valence-electron chi connectivity index (χ4n) is 3.08. The van der Waals surface area contributed by atoms with E-state index >= 15 is 0 Å². The van der Waals surface area contributed by atoms with Crippen LogP contribution in [0.4, 0.5) is 5.13 Å². The second kappa shape index (κ2) is 6.88. The summed E-state index contributed by atoms with van der Waals surface area (Å²) in [5.74, 6) is 1.33. The van der Waals surface area contributed by atoms with Gasteiger partial charge in [0, 0.05) is 22.2 Å². The highest BCUT2D eigenvalue weighted by Gasteiger charge is 2.19. The maximum Gasteiger partial charge on any atom is 0.277 e. The number of hydrogen-bond acceptors (Lipinski definition) is 7. The minimum atomic E-state index is -0.269. The van der Waals surface area contributed by atoms with E-state index in [-0.39, 0.29) is 5.91 Å². The number of rotatable bonds is 4. The second-order valence-corrected chi connectivity index (χ2v) is 8.38. The zero-order chi connectivity index (χ0) is 19.1. The molecule has 0 unspecified atom stereocenters. The molecule has 0 atom stereocenters. The van der Waals surface area contributed by atoms with Gasteiger partial charge in [-0.3, -0.25) is 10.1 Å². The zero-order valence-corrected chi connectivity index (χ0v) is 16.5. The highest BCUT2D eigenvalue weighted by Crippen LogP contribution is 2.32. The van der Waals surface area contributed by atoms with Gasteiger partial charge in [0.2, 0.25) is 0 Å². The van der Waals surface area contributed by atoms with Crippen molar-refractivity contribution in [3.63, 3.8) is 0 Å². The van der Waals surface area contributed by atoms with Crippen LogP contribution in [0.3, 0.4) is 0 Å². The lowest BCUT2D eigenvalue weighted by Gasteiger charge is -2.02. The summed E-state index contributed by atoms with van der Waals surface area (Å²) in [6.45, 7) is 2.60. The van der Waals surface area contributed by atoms with E-state index in [1.807, 2.05) is 30.5 Å². The third-order valence-electron chi connectivity index (χ3n) is 4.45. The van der Waals surface area contributed by atoms with Crippen molar-refractivity contribution in [1.29, 1.82) is 0 Å². The largest absolute Gasteiger partial charge is 0.493 e. The Morgan fingerprint density at radius 1 is 1.25 bits per heavy atom. The summed E-state index contributed by atoms with van der Waals surface area (Å²) in [4.78, 5) is 22.5. The van der Waals surface area contributed by atoms with Gasteiger partial charge in [0.05, 0.1) is 18.6 Å². The molecule has 1 N–H and O–H groups in total. The van der Waals surface area contributed by atoms with E-state index in [9.17, 15) is 4.79 Å². The molecule has 0 aliphatic carbocycles. The second-order valence-electron chi connectivity index (χ2n) is 6.31. The molecule has 5 rings (SSSR count). The number of carbonyl (C=O) groups excluding carboxylic acids is 1. The Bertz CT molecular complexity index is 1160. The molecule has 0 spiro atoms. The summed E-state index contributed by atoms with van der Waals surface area (Å²) in [6, 6.07) is 9.70. The Morgan fingerprint density at radius 3 is 3.04 bits per heavy atom. The predicted molar refractivity (Wildman–Crippen MR) is 109 cm³/mol. The Kier molecular flexibility index (Phi) is 4.22. The van der Waals surface area contributed by atoms with E-state index in [1.54, 1.807) is 12.3 Å². The molecule has 3 aromatic heterocycles. The molecule has 140 valence electrons. The molecule has 0 radical (unpaired) electrons. The van der Waals surface area contributed by atoms with Crippen LogP contribution >= 0.6 is 22.7 Å². The van der Waals surface area contributed by atoms with Gasteiger partial charge in [-0.1, -0.05) is 0 Å². The number of furan rings is 1. The van der Waals surface area contributed by atoms with Crippen LogP contribution in [-0.4, -0.2) is 22.5 Å². The molecule has 4 heterocycles. The molecule has 8 heteroatoms. The standard InChI is InChI=1S/C20H15N3O3S2/c1-11-17(22-19(28-11)16-3-2-7-25-16)18(24)23-20-21-14(10-27-20)12-4-5-15-13(9-12)6-8-26-15/h2-5,7,9-10H,6,8H2,1H3,(H,21,23,24). The first-order chi connectivity index (χ1) is 13.7. The number of hydrogen-bond donors (Lipinski definition) is 1. The highest BCUT2D eigenvalue weighted by molar-refractivity contribution is 7.15. The minimum Gasteiger partial charge on any atom is -0.493 e. The average Bonchev–Trinajstić information content (AvgIpc) is 3.47. The Hall–Kier alpha value is -2.97. The van der Waals surface area contributed by atoms with Crippen LogP contribution in [0.25, 0.3) is 22.0 Å². The van der Waals surface area contributed by atoms with E-state index in [4.69, 9.17) is 9.15 Å². The predicted octanol–water partition coefficient (Wildman–Crippen LogP) is 5.02. The van der Waals surface area contributed by atoms with Crippen molar-refractivity contribution in [1.82, 2.24) is 9.97 Å². The van der Waals surface area contributed by atoms with Gasteiger partial charge in [0.25, 0.3) is 5.91 Å². The molecular formula is C20H15N3O3S2. The lowest BCUT2D eigenvalue weighted by molar-refractivity contribution is 0.102. The lowest BCUT2D eigenvalue weighted by Crippen LogP contribution is -2.13. The van der Waals surface area contributed by atoms with Crippen molar-refractivity contribution in [2.75, 3.05) is 11.9 Å². The van der Waals surface area contributed by atoms with Crippen molar-refractivity contribution < 1.29 is 13.9 Å². The number of amides is 1. The third kappa shape index (κ3) is 3.10. The van der Waals surface area contributed by atoms with Crippen LogP contribution < -0.4 is 10.1 Å². The van der Waals surface area contributed by atoms with Crippen molar-refractivity contribution in [3.05, 3.63) is 58.1 Å². The van der Waals surface area contributed by atoms with Crippen molar-refractivity contribution >= 4 is 33.7 Å². The Labute approximate surface area is 168 Å². The van der Waals surface area contributed by atoms with Crippen LogP contribution in [0.15, 0.2) is 46.4 Å². The molecule has 4 aromatic rings. The number of aromatic nitrogens is 2. The monoisotopic (exact) mass is 409 g/mol. The average molecular weight is 409 g/mol. The summed E-state index contributed by atoms with van der Waals surface area (Å²) in [5.41, 5.74) is 3.44. The van der Waals surface area contributed by atoms with Gasteiger partial charge >= 0.3 is 0 Å². The molecule has 1 aliphatic rings. The Balaban J connectivity index is 1.35. The molecular weight excluding hydrogens is 394 g/mol. The fraction of sp³-hybridized carbons (Fsp3) is 0.150. The first-order valence-electron chi connectivity index (χ1n) is 8.71. The fourth-order valence-corrected chi connectivity index (χ4v) is 4.67. The topological polar surface area (TPSA) is 77.3 Å². The molecule has 0 saturated heterocycles. The number of thiazole rings is 2. The van der Waals surface area contributed by atoms with E-state index in [2.05, 4.69) is 21.4 Å². The first-order valence-corrected chi connectivity index (χ1v) is 10.4. The molecule has 6 nitrogen and oxygen atoms in total. The molecule has 28 heavy (non-hydrogen) atoms. The minimum absolute atomic E-state index is 0.269. The van der Waals surface area contributed by atoms with Gasteiger partial charge in [-0.2, -0.15) is 0 Å². The molecule has 1 aromatic carbocycles. The van der Waals surface area contributed by atoms with Crippen LogP contribution in [0.5, 0.6) is 5.75 Å². The van der Waals surface area contributed by atoms with E-state index in [1.165, 1.54) is 28.2 Å². The van der Waals surface area contributed by atoms with Gasteiger partial charge in [-0.25, -0.2) is 9.97 Å². The number of nitrogens with one attached hydrogen (secondary N) is 1. The maximum atomic E-state index is 12.7. The SMILES string of the molecule is Cc1sc(-c2ccco2)nc1C(=O)Nc1nc(-c2ccc3c(c2)CCO3)cs1. The van der Waals surface area contributed by atoms with Gasteiger partial charge in [-0.05, 0) is 42.8 Å². The van der Waals surface area contributed by atoms with Crippen LogP contribution in [-0.2, 0) is 6.42 Å². The molecule has 0 fully saturated rings. The summed E-state index contributed by atoms with van der Waals surface area (Å²) >= 11 is 2.82. The third-order valence-corrected chi connectivity index (χ3v) is 6.20. The van der Waals surface area contributed by atoms with Crippen molar-refractivity contribution in [2.45, 2.75) is 13.3 Å². The van der Waals surface area contributed by atoms with Gasteiger partial charge < -0.3 is 9.15 Å². The van der Waals surface area contributed by atoms with Crippen molar-refractivity contribution in [2.24, 2.45) is 0 Å². The molecule has 0 saturated carbocycles. The number of carbonyl (C=O) groups is 1. The summed E-state index contributed by atoms with van der Waals surface area (Å²) < 4.78 is 10.9. The first kappa shape index (κ1) is 17.2. The number of nitrogens with zero attached hydrogens (tertiary/aromatic N) is 2. The van der Waals surface area contributed by atoms with E-state index < -0.39 is 0 Å². The Morgan fingerprint density at radius 2 is 2.18 bits per heavy atom. The molecule has 1 aliphatic heterocycles. The van der Waals surface area contributed by atoms with E-state index in [0.29, 0.717) is 21.6 Å². The van der Waals surface area contributed by atoms with E-state index in [0.717, 1.165) is 34.9 Å². The number of ether oxygens (including phenoxy) is 1. The van der Waals surface area contributed by atoms with Gasteiger partial charge in [0.1, 0.15) is 11.4 Å². The maximum absolute atomic E-state index is 12.7. The van der Waals surface area contributed by atoms with Gasteiger partial charge in [0.15, 0.2) is 15.9 Å². The van der Waals surface area contributed by atoms with Gasteiger partial charge in [-0.15, -0.1) is 22.7 Å². The molecule has 0 bridgehead atoms. The normalized spacial score (nSPS) is 12.6. The van der Waals surface area contributed by atoms with Crippen LogP contribution in [0, 0.1) is 6.92 Å². The highest BCUT2D eigenvalue weighted by atomic mass is 32.1. The lowest BCUT2D eigenvalue weighted by atomic mass is 10.1. The number of aryl methyl sites for hydroxylation is 1. The van der Waals surface area contributed by atoms with Crippen LogP contribution in [0.2, 0.25) is 0 Å². The van der Waals surface area contributed by atoms with Crippen LogP contribution in [0.1, 0.15) is 20.9 Å². The number of fused-ring (bicyclic) bond motifs is 1.